The highest BCUT2D eigenvalue weighted by Crippen LogP contribution is 2.19. The number of rotatable bonds is 4. The summed E-state index contributed by atoms with van der Waals surface area (Å²) in [5.41, 5.74) is 5.66. The van der Waals surface area contributed by atoms with E-state index in [1.54, 1.807) is 0 Å². The fraction of sp³-hybridized carbons (Fsp3) is 1.00. The van der Waals surface area contributed by atoms with E-state index in [2.05, 4.69) is 18.7 Å². The first-order valence-electron chi connectivity index (χ1n) is 5.72. The molecule has 2 N–H and O–H groups in total. The molecule has 1 fully saturated rings. The van der Waals surface area contributed by atoms with E-state index in [0.29, 0.717) is 0 Å². The molecule has 0 aromatic carbocycles. The average molecular weight is 184 g/mol. The Bertz CT molecular complexity index is 128. The van der Waals surface area contributed by atoms with Gasteiger partial charge >= 0.3 is 0 Å². The SMILES string of the molecule is CCCC(C)N1CCC(CN)CC1. The molecular weight excluding hydrogens is 160 g/mol. The van der Waals surface area contributed by atoms with E-state index in [1.165, 1.54) is 38.8 Å². The number of piperidine rings is 1. The number of nitrogens with zero attached hydrogens (tertiary/aromatic N) is 1. The van der Waals surface area contributed by atoms with E-state index >= 15 is 0 Å². The van der Waals surface area contributed by atoms with Crippen LogP contribution in [0.5, 0.6) is 0 Å². The van der Waals surface area contributed by atoms with Crippen LogP contribution in [0, 0.1) is 5.92 Å². The van der Waals surface area contributed by atoms with Gasteiger partial charge in [-0.1, -0.05) is 13.3 Å². The van der Waals surface area contributed by atoms with E-state index < -0.39 is 0 Å². The first-order valence-corrected chi connectivity index (χ1v) is 5.72. The van der Waals surface area contributed by atoms with Crippen molar-refractivity contribution < 1.29 is 0 Å². The molecule has 1 aliphatic heterocycles. The van der Waals surface area contributed by atoms with E-state index in [4.69, 9.17) is 5.73 Å². The van der Waals surface area contributed by atoms with Gasteiger partial charge in [0.2, 0.25) is 0 Å². The largest absolute Gasteiger partial charge is 0.330 e. The fourth-order valence-corrected chi connectivity index (χ4v) is 2.23. The summed E-state index contributed by atoms with van der Waals surface area (Å²) in [4.78, 5) is 2.62. The minimum absolute atomic E-state index is 0.781. The fourth-order valence-electron chi connectivity index (χ4n) is 2.23. The predicted molar refractivity (Wildman–Crippen MR) is 57.7 cm³/mol. The summed E-state index contributed by atoms with van der Waals surface area (Å²) in [5.74, 6) is 0.796. The van der Waals surface area contributed by atoms with Gasteiger partial charge in [-0.15, -0.1) is 0 Å². The van der Waals surface area contributed by atoms with Crippen molar-refractivity contribution in [2.45, 2.75) is 45.6 Å². The number of likely N-dealkylation sites (tertiary alicyclic amines) is 1. The van der Waals surface area contributed by atoms with Crippen molar-refractivity contribution in [3.8, 4) is 0 Å². The lowest BCUT2D eigenvalue weighted by Gasteiger charge is -2.35. The highest BCUT2D eigenvalue weighted by atomic mass is 15.2. The van der Waals surface area contributed by atoms with Crippen molar-refractivity contribution in [2.75, 3.05) is 19.6 Å². The lowest BCUT2D eigenvalue weighted by atomic mass is 9.95. The maximum Gasteiger partial charge on any atom is 0.00668 e. The van der Waals surface area contributed by atoms with Crippen LogP contribution in [0.15, 0.2) is 0 Å². The monoisotopic (exact) mass is 184 g/mol. The van der Waals surface area contributed by atoms with Gasteiger partial charge in [-0.3, -0.25) is 0 Å². The normalized spacial score (nSPS) is 23.3. The average Bonchev–Trinajstić information content (AvgIpc) is 2.18. The summed E-state index contributed by atoms with van der Waals surface area (Å²) in [7, 11) is 0. The molecular formula is C11H24N2. The van der Waals surface area contributed by atoms with Gasteiger partial charge in [0.15, 0.2) is 0 Å². The van der Waals surface area contributed by atoms with Gasteiger partial charge in [0, 0.05) is 6.04 Å². The van der Waals surface area contributed by atoms with Crippen molar-refractivity contribution in [3.63, 3.8) is 0 Å². The number of hydrogen-bond acceptors (Lipinski definition) is 2. The lowest BCUT2D eigenvalue weighted by molar-refractivity contribution is 0.137. The molecule has 2 nitrogen and oxygen atoms in total. The van der Waals surface area contributed by atoms with Crippen LogP contribution in [-0.4, -0.2) is 30.6 Å². The third-order valence-corrected chi connectivity index (χ3v) is 3.31. The Labute approximate surface area is 82.5 Å². The Morgan fingerprint density at radius 3 is 2.46 bits per heavy atom. The molecule has 0 aliphatic carbocycles. The first-order chi connectivity index (χ1) is 6.27. The molecule has 0 saturated carbocycles. The smallest absolute Gasteiger partial charge is 0.00668 e. The van der Waals surface area contributed by atoms with Gasteiger partial charge in [0.1, 0.15) is 0 Å². The zero-order valence-corrected chi connectivity index (χ0v) is 9.13. The van der Waals surface area contributed by atoms with Gasteiger partial charge in [-0.05, 0) is 51.7 Å². The van der Waals surface area contributed by atoms with E-state index in [9.17, 15) is 0 Å². The van der Waals surface area contributed by atoms with Gasteiger partial charge < -0.3 is 10.6 Å². The second-order valence-electron chi connectivity index (χ2n) is 4.35. The molecule has 0 amide bonds. The summed E-state index contributed by atoms with van der Waals surface area (Å²) >= 11 is 0. The summed E-state index contributed by atoms with van der Waals surface area (Å²) in [6.07, 6.45) is 5.26. The van der Waals surface area contributed by atoms with Crippen LogP contribution < -0.4 is 5.73 Å². The van der Waals surface area contributed by atoms with Crippen molar-refractivity contribution in [2.24, 2.45) is 11.7 Å². The molecule has 0 radical (unpaired) electrons. The van der Waals surface area contributed by atoms with Gasteiger partial charge in [-0.2, -0.15) is 0 Å². The molecule has 1 saturated heterocycles. The Morgan fingerprint density at radius 1 is 1.38 bits per heavy atom. The maximum absolute atomic E-state index is 5.66. The van der Waals surface area contributed by atoms with Crippen molar-refractivity contribution in [1.29, 1.82) is 0 Å². The third-order valence-electron chi connectivity index (χ3n) is 3.31. The molecule has 1 unspecified atom stereocenters. The van der Waals surface area contributed by atoms with E-state index in [-0.39, 0.29) is 0 Å². The highest BCUT2D eigenvalue weighted by molar-refractivity contribution is 4.76. The molecule has 0 spiro atoms. The second-order valence-corrected chi connectivity index (χ2v) is 4.35. The summed E-state index contributed by atoms with van der Waals surface area (Å²) in [6, 6.07) is 0.781. The van der Waals surface area contributed by atoms with Crippen LogP contribution in [0.25, 0.3) is 0 Å². The van der Waals surface area contributed by atoms with Crippen LogP contribution in [0.2, 0.25) is 0 Å². The highest BCUT2D eigenvalue weighted by Gasteiger charge is 2.20. The molecule has 78 valence electrons. The molecule has 1 atom stereocenters. The predicted octanol–water partition coefficient (Wildman–Crippen LogP) is 1.85. The molecule has 1 rings (SSSR count). The summed E-state index contributed by atoms with van der Waals surface area (Å²) in [5, 5.41) is 0. The van der Waals surface area contributed by atoms with Gasteiger partial charge in [0.05, 0.1) is 0 Å². The zero-order valence-electron chi connectivity index (χ0n) is 9.13. The quantitative estimate of drug-likeness (QED) is 0.722. The second kappa shape index (κ2) is 5.61. The van der Waals surface area contributed by atoms with Crippen LogP contribution in [0.4, 0.5) is 0 Å². The molecule has 1 heterocycles. The number of nitrogens with two attached hydrogens (primary N) is 1. The molecule has 0 aromatic rings. The molecule has 0 bridgehead atoms. The third kappa shape index (κ3) is 3.28. The molecule has 13 heavy (non-hydrogen) atoms. The Hall–Kier alpha value is -0.0800. The molecule has 1 aliphatic rings. The van der Waals surface area contributed by atoms with Crippen LogP contribution in [-0.2, 0) is 0 Å². The van der Waals surface area contributed by atoms with Crippen molar-refractivity contribution in [3.05, 3.63) is 0 Å². The van der Waals surface area contributed by atoms with Crippen LogP contribution in [0.3, 0.4) is 0 Å². The lowest BCUT2D eigenvalue weighted by Crippen LogP contribution is -2.41. The number of hydrogen-bond donors (Lipinski definition) is 1. The van der Waals surface area contributed by atoms with Crippen molar-refractivity contribution in [1.82, 2.24) is 4.90 Å². The minimum Gasteiger partial charge on any atom is -0.330 e. The first kappa shape index (κ1) is 11.0. The van der Waals surface area contributed by atoms with Crippen LogP contribution in [0.1, 0.15) is 39.5 Å². The Morgan fingerprint density at radius 2 is 2.00 bits per heavy atom. The zero-order chi connectivity index (χ0) is 9.68. The van der Waals surface area contributed by atoms with Crippen LogP contribution >= 0.6 is 0 Å². The molecule has 2 heteroatoms. The minimum atomic E-state index is 0.781. The Kier molecular flexibility index (Phi) is 4.74. The molecule has 0 aromatic heterocycles. The summed E-state index contributed by atoms with van der Waals surface area (Å²) < 4.78 is 0. The van der Waals surface area contributed by atoms with Crippen molar-refractivity contribution >= 4 is 0 Å². The summed E-state index contributed by atoms with van der Waals surface area (Å²) in [6.45, 7) is 8.04. The van der Waals surface area contributed by atoms with Gasteiger partial charge in [0.25, 0.3) is 0 Å². The van der Waals surface area contributed by atoms with E-state index in [0.717, 1.165) is 18.5 Å². The van der Waals surface area contributed by atoms with E-state index in [1.807, 2.05) is 0 Å². The maximum atomic E-state index is 5.66. The standard InChI is InChI=1S/C11H24N2/c1-3-4-10(2)13-7-5-11(9-12)6-8-13/h10-11H,3-9,12H2,1-2H3. The van der Waals surface area contributed by atoms with Gasteiger partial charge in [-0.25, -0.2) is 0 Å². The topological polar surface area (TPSA) is 29.3 Å². The Balaban J connectivity index is 2.23.